The zero-order chi connectivity index (χ0) is 19.8. The van der Waals surface area contributed by atoms with Crippen molar-refractivity contribution in [2.45, 2.75) is 24.7 Å². The number of imidazole rings is 1. The highest BCUT2D eigenvalue weighted by Gasteiger charge is 2.47. The number of nitrogens with zero attached hydrogens (tertiary/aromatic N) is 4. The van der Waals surface area contributed by atoms with E-state index in [1.165, 1.54) is 10.9 Å². The smallest absolute Gasteiger partial charge is 0.338 e. The van der Waals surface area contributed by atoms with Crippen LogP contribution in [0.25, 0.3) is 11.2 Å². The number of nitrogen functional groups attached to an aromatic ring is 1. The van der Waals surface area contributed by atoms with E-state index in [9.17, 15) is 13.6 Å². The minimum atomic E-state index is -2.03. The highest BCUT2D eigenvalue weighted by molar-refractivity contribution is 6.28. The van der Waals surface area contributed by atoms with Crippen molar-refractivity contribution in [2.75, 3.05) is 12.3 Å². The standard InChI is InChI=1S/C17H14ClF2N5O3/c18-17-23-13(21)12-14(24-17)25(7-22-12)15-11(20)10(19)9(28-15)6-27-16(26)8-4-2-1-3-5-8/h1-5,7,9-11,15H,6H2,(H2,21,23,24)/t9-,10-,11+,15-/m1/s1. The molecular formula is C17H14ClF2N5O3. The summed E-state index contributed by atoms with van der Waals surface area (Å²) in [4.78, 5) is 23.7. The van der Waals surface area contributed by atoms with Crippen LogP contribution >= 0.6 is 11.6 Å². The molecular weight excluding hydrogens is 396 g/mol. The Kier molecular flexibility index (Phi) is 4.82. The van der Waals surface area contributed by atoms with E-state index < -0.39 is 37.3 Å². The number of aromatic nitrogens is 4. The summed E-state index contributed by atoms with van der Waals surface area (Å²) in [7, 11) is 0. The molecule has 4 rings (SSSR count). The molecule has 11 heteroatoms. The molecule has 0 aliphatic carbocycles. The van der Waals surface area contributed by atoms with Crippen LogP contribution in [0.5, 0.6) is 0 Å². The highest BCUT2D eigenvalue weighted by Crippen LogP contribution is 2.36. The van der Waals surface area contributed by atoms with Gasteiger partial charge in [0.2, 0.25) is 5.28 Å². The molecule has 2 N–H and O–H groups in total. The monoisotopic (exact) mass is 409 g/mol. The van der Waals surface area contributed by atoms with Gasteiger partial charge in [-0.15, -0.1) is 0 Å². The summed E-state index contributed by atoms with van der Waals surface area (Å²) >= 11 is 5.79. The zero-order valence-electron chi connectivity index (χ0n) is 14.2. The lowest BCUT2D eigenvalue weighted by Crippen LogP contribution is -2.28. The first-order chi connectivity index (χ1) is 13.5. The van der Waals surface area contributed by atoms with E-state index >= 15 is 0 Å². The lowest BCUT2D eigenvalue weighted by Gasteiger charge is -2.15. The van der Waals surface area contributed by atoms with Crippen molar-refractivity contribution in [1.29, 1.82) is 0 Å². The van der Waals surface area contributed by atoms with Crippen molar-refractivity contribution in [3.05, 3.63) is 47.5 Å². The van der Waals surface area contributed by atoms with E-state index in [2.05, 4.69) is 15.0 Å². The summed E-state index contributed by atoms with van der Waals surface area (Å²) in [5, 5.41) is -0.162. The average molecular weight is 410 g/mol. The van der Waals surface area contributed by atoms with E-state index in [1.54, 1.807) is 30.3 Å². The van der Waals surface area contributed by atoms with Crippen LogP contribution in [0, 0.1) is 0 Å². The lowest BCUT2D eigenvalue weighted by molar-refractivity contribution is -0.0469. The van der Waals surface area contributed by atoms with Crippen LogP contribution in [-0.2, 0) is 9.47 Å². The molecule has 28 heavy (non-hydrogen) atoms. The Morgan fingerprint density at radius 1 is 1.25 bits per heavy atom. The fourth-order valence-electron chi connectivity index (χ4n) is 2.95. The van der Waals surface area contributed by atoms with Gasteiger partial charge in [-0.2, -0.15) is 9.97 Å². The number of esters is 1. The maximum atomic E-state index is 14.6. The second-order valence-corrected chi connectivity index (χ2v) is 6.46. The summed E-state index contributed by atoms with van der Waals surface area (Å²) in [5.41, 5.74) is 6.31. The molecule has 8 nitrogen and oxygen atoms in total. The number of hydrogen-bond donors (Lipinski definition) is 1. The summed E-state index contributed by atoms with van der Waals surface area (Å²) in [6, 6.07) is 8.17. The Balaban J connectivity index is 1.51. The number of anilines is 1. The molecule has 1 aliphatic heterocycles. The third-order valence-electron chi connectivity index (χ3n) is 4.33. The normalized spacial score (nSPS) is 24.5. The van der Waals surface area contributed by atoms with E-state index in [4.69, 9.17) is 26.8 Å². The molecule has 1 saturated heterocycles. The molecule has 3 aromatic rings. The first-order valence-corrected chi connectivity index (χ1v) is 8.65. The zero-order valence-corrected chi connectivity index (χ0v) is 15.0. The van der Waals surface area contributed by atoms with Crippen LogP contribution in [0.4, 0.5) is 14.6 Å². The summed E-state index contributed by atoms with van der Waals surface area (Å²) < 4.78 is 40.7. The van der Waals surface area contributed by atoms with Crippen LogP contribution in [-0.4, -0.2) is 50.5 Å². The van der Waals surface area contributed by atoms with Gasteiger partial charge in [0, 0.05) is 0 Å². The van der Waals surface area contributed by atoms with Gasteiger partial charge >= 0.3 is 5.97 Å². The molecule has 3 heterocycles. The van der Waals surface area contributed by atoms with Crippen LogP contribution < -0.4 is 5.73 Å². The van der Waals surface area contributed by atoms with Crippen molar-refractivity contribution in [3.8, 4) is 0 Å². The van der Waals surface area contributed by atoms with Crippen molar-refractivity contribution < 1.29 is 23.0 Å². The first kappa shape index (κ1) is 18.5. The van der Waals surface area contributed by atoms with Gasteiger partial charge in [-0.1, -0.05) is 18.2 Å². The van der Waals surface area contributed by atoms with Gasteiger partial charge < -0.3 is 15.2 Å². The summed E-state index contributed by atoms with van der Waals surface area (Å²) in [5.74, 6) is -0.650. The number of carbonyl (C=O) groups excluding carboxylic acids is 1. The molecule has 0 spiro atoms. The Labute approximate surface area is 162 Å². The topological polar surface area (TPSA) is 105 Å². The van der Waals surface area contributed by atoms with Gasteiger partial charge in [0.25, 0.3) is 0 Å². The van der Waals surface area contributed by atoms with E-state index in [0.717, 1.165) is 0 Å². The molecule has 0 saturated carbocycles. The van der Waals surface area contributed by atoms with Crippen LogP contribution in [0.3, 0.4) is 0 Å². The molecule has 4 atom stereocenters. The minimum absolute atomic E-state index is 0.00675. The Hall–Kier alpha value is -2.85. The highest BCUT2D eigenvalue weighted by atomic mass is 35.5. The molecule has 1 aromatic carbocycles. The number of carbonyl (C=O) groups is 1. The number of alkyl halides is 2. The average Bonchev–Trinajstić information content (AvgIpc) is 3.22. The van der Waals surface area contributed by atoms with Crippen LogP contribution in [0.1, 0.15) is 16.6 Å². The van der Waals surface area contributed by atoms with Gasteiger partial charge in [0.15, 0.2) is 30.0 Å². The van der Waals surface area contributed by atoms with Crippen LogP contribution in [0.15, 0.2) is 36.7 Å². The van der Waals surface area contributed by atoms with E-state index in [0.29, 0.717) is 5.56 Å². The molecule has 0 radical (unpaired) electrons. The first-order valence-electron chi connectivity index (χ1n) is 8.27. The maximum Gasteiger partial charge on any atom is 0.338 e. The third kappa shape index (κ3) is 3.25. The third-order valence-corrected chi connectivity index (χ3v) is 4.50. The number of benzene rings is 1. The van der Waals surface area contributed by atoms with Crippen molar-refractivity contribution in [3.63, 3.8) is 0 Å². The fraction of sp³-hybridized carbons (Fsp3) is 0.294. The molecule has 1 aliphatic rings. The quantitative estimate of drug-likeness (QED) is 0.521. The molecule has 146 valence electrons. The van der Waals surface area contributed by atoms with Crippen molar-refractivity contribution >= 4 is 34.6 Å². The maximum absolute atomic E-state index is 14.6. The van der Waals surface area contributed by atoms with Gasteiger partial charge in [-0.25, -0.2) is 18.6 Å². The second kappa shape index (κ2) is 7.28. The van der Waals surface area contributed by atoms with Crippen LogP contribution in [0.2, 0.25) is 5.28 Å². The molecule has 0 bridgehead atoms. The SMILES string of the molecule is Nc1nc(Cl)nc2c1ncn2[C@@H]1O[C@H](COC(=O)c2ccccc2)[C@@H](F)[C@@H]1F. The molecule has 1 fully saturated rings. The fourth-order valence-corrected chi connectivity index (χ4v) is 3.13. The van der Waals surface area contributed by atoms with Gasteiger partial charge in [0.1, 0.15) is 18.2 Å². The molecule has 0 unspecified atom stereocenters. The number of fused-ring (bicyclic) bond motifs is 1. The van der Waals surface area contributed by atoms with Crippen molar-refractivity contribution in [2.24, 2.45) is 0 Å². The van der Waals surface area contributed by atoms with Gasteiger partial charge in [0.05, 0.1) is 11.9 Å². The second-order valence-electron chi connectivity index (χ2n) is 6.12. The van der Waals surface area contributed by atoms with Gasteiger partial charge in [-0.05, 0) is 23.7 Å². The lowest BCUT2D eigenvalue weighted by atomic mass is 10.2. The number of nitrogens with two attached hydrogens (primary N) is 1. The molecule has 0 amide bonds. The summed E-state index contributed by atoms with van der Waals surface area (Å²) in [6.07, 6.45) is -5.49. The minimum Gasteiger partial charge on any atom is -0.459 e. The Morgan fingerprint density at radius 2 is 2.00 bits per heavy atom. The number of ether oxygens (including phenoxy) is 2. The number of hydrogen-bond acceptors (Lipinski definition) is 7. The predicted octanol–water partition coefficient (Wildman–Crippen LogP) is 2.49. The summed E-state index contributed by atoms with van der Waals surface area (Å²) in [6.45, 7) is -0.448. The van der Waals surface area contributed by atoms with Crippen molar-refractivity contribution in [1.82, 2.24) is 19.5 Å². The predicted molar refractivity (Wildman–Crippen MR) is 95.2 cm³/mol. The van der Waals surface area contributed by atoms with E-state index in [1.807, 2.05) is 0 Å². The number of rotatable bonds is 4. The largest absolute Gasteiger partial charge is 0.459 e. The molecule has 2 aromatic heterocycles. The van der Waals surface area contributed by atoms with E-state index in [-0.39, 0.29) is 22.3 Å². The number of halogens is 3. The Morgan fingerprint density at radius 3 is 2.75 bits per heavy atom. The Bertz CT molecular complexity index is 1020. The van der Waals surface area contributed by atoms with Gasteiger partial charge in [-0.3, -0.25) is 4.57 Å².